The largest absolute Gasteiger partial charge is 0.375 e. The van der Waals surface area contributed by atoms with Crippen molar-refractivity contribution in [3.05, 3.63) is 24.3 Å². The van der Waals surface area contributed by atoms with E-state index in [2.05, 4.69) is 15.3 Å². The first-order valence-corrected chi connectivity index (χ1v) is 7.98. The second kappa shape index (κ2) is 6.62. The fourth-order valence-corrected chi connectivity index (χ4v) is 3.59. The maximum Gasteiger partial charge on any atom is 0.271 e. The molecule has 1 spiro atoms. The topological polar surface area (TPSA) is 84.4 Å². The third-order valence-electron chi connectivity index (χ3n) is 5.15. The van der Waals surface area contributed by atoms with Crippen LogP contribution in [0.2, 0.25) is 0 Å². The van der Waals surface area contributed by atoms with Crippen molar-refractivity contribution in [2.45, 2.75) is 31.7 Å². The number of carbonyl (C=O) groups is 2. The summed E-state index contributed by atoms with van der Waals surface area (Å²) in [5.74, 6) is -0.123. The minimum atomic E-state index is -0.167. The van der Waals surface area contributed by atoms with Crippen molar-refractivity contribution in [2.24, 2.45) is 5.41 Å². The second-order valence-electron chi connectivity index (χ2n) is 6.33. The van der Waals surface area contributed by atoms with Gasteiger partial charge in [-0.25, -0.2) is 4.98 Å². The molecule has 1 saturated heterocycles. The van der Waals surface area contributed by atoms with Crippen LogP contribution in [0, 0.1) is 5.41 Å². The number of rotatable bonds is 4. The van der Waals surface area contributed by atoms with Gasteiger partial charge in [-0.15, -0.1) is 0 Å². The lowest BCUT2D eigenvalue weighted by Crippen LogP contribution is -2.59. The lowest BCUT2D eigenvalue weighted by molar-refractivity contribution is -0.139. The first-order valence-electron chi connectivity index (χ1n) is 7.98. The number of piperidine rings is 1. The summed E-state index contributed by atoms with van der Waals surface area (Å²) in [4.78, 5) is 33.9. The van der Waals surface area contributed by atoms with Crippen LogP contribution in [-0.4, -0.2) is 59.5 Å². The van der Waals surface area contributed by atoms with Gasteiger partial charge in [0.1, 0.15) is 12.3 Å². The van der Waals surface area contributed by atoms with Crippen molar-refractivity contribution < 1.29 is 14.3 Å². The third kappa shape index (κ3) is 3.19. The number of nitrogens with zero attached hydrogens (tertiary/aromatic N) is 3. The van der Waals surface area contributed by atoms with Gasteiger partial charge in [0, 0.05) is 38.6 Å². The molecule has 2 heterocycles. The van der Waals surface area contributed by atoms with Crippen LogP contribution in [0.3, 0.4) is 0 Å². The molecule has 124 valence electrons. The van der Waals surface area contributed by atoms with Gasteiger partial charge in [0.25, 0.3) is 5.91 Å². The molecular weight excluding hydrogens is 296 g/mol. The van der Waals surface area contributed by atoms with Gasteiger partial charge in [0.2, 0.25) is 5.91 Å². The Morgan fingerprint density at radius 3 is 2.70 bits per heavy atom. The number of methoxy groups -OCH3 is 1. The Labute approximate surface area is 135 Å². The van der Waals surface area contributed by atoms with E-state index in [0.717, 1.165) is 38.8 Å². The third-order valence-corrected chi connectivity index (χ3v) is 5.15. The quantitative estimate of drug-likeness (QED) is 0.880. The van der Waals surface area contributed by atoms with Crippen molar-refractivity contribution in [1.82, 2.24) is 20.2 Å². The number of nitrogens with one attached hydrogen (secondary N) is 1. The van der Waals surface area contributed by atoms with E-state index >= 15 is 0 Å². The minimum Gasteiger partial charge on any atom is -0.375 e. The lowest BCUT2D eigenvalue weighted by atomic mass is 9.59. The van der Waals surface area contributed by atoms with Crippen LogP contribution in [0.5, 0.6) is 0 Å². The molecule has 0 bridgehead atoms. The Balaban J connectivity index is 1.56. The summed E-state index contributed by atoms with van der Waals surface area (Å²) in [5.41, 5.74) is 0.476. The number of hydrogen-bond acceptors (Lipinski definition) is 5. The number of ether oxygens (including phenoxy) is 1. The fourth-order valence-electron chi connectivity index (χ4n) is 3.59. The number of likely N-dealkylation sites (tertiary alicyclic amines) is 1. The Bertz CT molecular complexity index is 570. The molecule has 2 aliphatic rings. The molecule has 7 nitrogen and oxygen atoms in total. The van der Waals surface area contributed by atoms with E-state index in [4.69, 9.17) is 4.74 Å². The Hall–Kier alpha value is -2.02. The van der Waals surface area contributed by atoms with Crippen LogP contribution in [0.15, 0.2) is 18.6 Å². The Morgan fingerprint density at radius 1 is 1.35 bits per heavy atom. The van der Waals surface area contributed by atoms with Gasteiger partial charge in [-0.3, -0.25) is 14.6 Å². The number of amides is 2. The SMILES string of the molecule is COCC(=O)N1CCC2(CCC2NC(=O)c2cnccn2)CC1. The van der Waals surface area contributed by atoms with Gasteiger partial charge in [-0.1, -0.05) is 0 Å². The standard InChI is InChI=1S/C16H22N4O3/c1-23-11-14(21)20-8-4-16(5-9-20)3-2-13(16)19-15(22)12-10-17-6-7-18-12/h6-7,10,13H,2-5,8-9,11H2,1H3,(H,19,22). The smallest absolute Gasteiger partial charge is 0.271 e. The second-order valence-corrected chi connectivity index (χ2v) is 6.33. The fraction of sp³-hybridized carbons (Fsp3) is 0.625. The molecule has 1 aromatic rings. The normalized spacial score (nSPS) is 22.5. The highest BCUT2D eigenvalue weighted by Gasteiger charge is 2.49. The van der Waals surface area contributed by atoms with Crippen LogP contribution in [-0.2, 0) is 9.53 Å². The highest BCUT2D eigenvalue weighted by molar-refractivity contribution is 5.92. The van der Waals surface area contributed by atoms with E-state index in [1.54, 1.807) is 6.20 Å². The van der Waals surface area contributed by atoms with Gasteiger partial charge in [0.05, 0.1) is 6.20 Å². The molecule has 1 aliphatic carbocycles. The molecule has 2 amide bonds. The zero-order valence-electron chi connectivity index (χ0n) is 13.3. The van der Waals surface area contributed by atoms with Crippen LogP contribution in [0.4, 0.5) is 0 Å². The number of carbonyl (C=O) groups excluding carboxylic acids is 2. The van der Waals surface area contributed by atoms with E-state index in [-0.39, 0.29) is 29.9 Å². The maximum absolute atomic E-state index is 12.2. The molecule has 1 N–H and O–H groups in total. The summed E-state index contributed by atoms with van der Waals surface area (Å²) in [7, 11) is 1.54. The predicted molar refractivity (Wildman–Crippen MR) is 82.6 cm³/mol. The van der Waals surface area contributed by atoms with Crippen molar-refractivity contribution >= 4 is 11.8 Å². The zero-order valence-corrected chi connectivity index (χ0v) is 13.3. The van der Waals surface area contributed by atoms with E-state index in [9.17, 15) is 9.59 Å². The summed E-state index contributed by atoms with van der Waals surface area (Å²) in [6.07, 6.45) is 8.48. The van der Waals surface area contributed by atoms with E-state index in [1.165, 1.54) is 19.5 Å². The summed E-state index contributed by atoms with van der Waals surface area (Å²) in [6, 6.07) is 0.164. The molecule has 1 aliphatic heterocycles. The highest BCUT2D eigenvalue weighted by atomic mass is 16.5. The molecule has 0 aromatic carbocycles. The predicted octanol–water partition coefficient (Wildman–Crippen LogP) is 0.624. The van der Waals surface area contributed by atoms with Crippen molar-refractivity contribution in [1.29, 1.82) is 0 Å². The van der Waals surface area contributed by atoms with Crippen LogP contribution in [0.1, 0.15) is 36.2 Å². The molecular formula is C16H22N4O3. The summed E-state index contributed by atoms with van der Waals surface area (Å²) in [6.45, 7) is 1.61. The number of hydrogen-bond donors (Lipinski definition) is 1. The average Bonchev–Trinajstić information content (AvgIpc) is 2.59. The molecule has 1 atom stereocenters. The number of aromatic nitrogens is 2. The molecule has 0 radical (unpaired) electrons. The van der Waals surface area contributed by atoms with Crippen molar-refractivity contribution in [2.75, 3.05) is 26.8 Å². The average molecular weight is 318 g/mol. The van der Waals surface area contributed by atoms with Gasteiger partial charge in [0.15, 0.2) is 0 Å². The molecule has 2 fully saturated rings. The Morgan fingerprint density at radius 2 is 2.13 bits per heavy atom. The van der Waals surface area contributed by atoms with Crippen molar-refractivity contribution in [3.63, 3.8) is 0 Å². The van der Waals surface area contributed by atoms with Gasteiger partial charge in [-0.2, -0.15) is 0 Å². The van der Waals surface area contributed by atoms with Gasteiger partial charge < -0.3 is 15.0 Å². The first kappa shape index (κ1) is 15.9. The summed E-state index contributed by atoms with van der Waals surface area (Å²) >= 11 is 0. The van der Waals surface area contributed by atoms with Crippen LogP contribution >= 0.6 is 0 Å². The molecule has 1 aromatic heterocycles. The monoisotopic (exact) mass is 318 g/mol. The lowest BCUT2D eigenvalue weighted by Gasteiger charge is -2.54. The Kier molecular flexibility index (Phi) is 4.56. The van der Waals surface area contributed by atoms with E-state index < -0.39 is 0 Å². The summed E-state index contributed by atoms with van der Waals surface area (Å²) in [5, 5.41) is 3.09. The molecule has 23 heavy (non-hydrogen) atoms. The van der Waals surface area contributed by atoms with E-state index in [0.29, 0.717) is 5.69 Å². The van der Waals surface area contributed by atoms with Gasteiger partial charge >= 0.3 is 0 Å². The highest BCUT2D eigenvalue weighted by Crippen LogP contribution is 2.49. The first-order chi connectivity index (χ1) is 11.1. The van der Waals surface area contributed by atoms with Crippen LogP contribution in [0.25, 0.3) is 0 Å². The van der Waals surface area contributed by atoms with E-state index in [1.807, 2.05) is 4.90 Å². The summed E-state index contributed by atoms with van der Waals surface area (Å²) < 4.78 is 4.91. The molecule has 7 heteroatoms. The van der Waals surface area contributed by atoms with Gasteiger partial charge in [-0.05, 0) is 31.1 Å². The molecule has 1 unspecified atom stereocenters. The molecule has 3 rings (SSSR count). The zero-order chi connectivity index (χ0) is 16.3. The minimum absolute atomic E-state index is 0.0434. The van der Waals surface area contributed by atoms with Crippen molar-refractivity contribution in [3.8, 4) is 0 Å². The maximum atomic E-state index is 12.2. The molecule has 1 saturated carbocycles. The van der Waals surface area contributed by atoms with Crippen LogP contribution < -0.4 is 5.32 Å².